The fourth-order valence-electron chi connectivity index (χ4n) is 2.48. The molecule has 136 valence electrons. The van der Waals surface area contributed by atoms with Crippen LogP contribution in [-0.2, 0) is 4.74 Å². The maximum Gasteiger partial charge on any atom is 0.200 e. The highest BCUT2D eigenvalue weighted by Gasteiger charge is 2.40. The number of aliphatic hydroxyl groups excluding tert-OH is 1. The third-order valence-electron chi connectivity index (χ3n) is 3.72. The van der Waals surface area contributed by atoms with Gasteiger partial charge in [-0.1, -0.05) is 6.42 Å². The molecule has 0 spiro atoms. The third kappa shape index (κ3) is 8.39. The van der Waals surface area contributed by atoms with E-state index in [0.717, 1.165) is 12.8 Å². The summed E-state index contributed by atoms with van der Waals surface area (Å²) in [7, 11) is 0.00437. The van der Waals surface area contributed by atoms with E-state index in [4.69, 9.17) is 15.7 Å². The summed E-state index contributed by atoms with van der Waals surface area (Å²) in [5.74, 6) is -0.383. The highest BCUT2D eigenvalue weighted by atomic mass is 31.1. The molecule has 3 atom stereocenters. The lowest BCUT2D eigenvalue weighted by atomic mass is 10.0. The molecule has 0 aliphatic heterocycles. The third-order valence-corrected chi connectivity index (χ3v) is 5.88. The van der Waals surface area contributed by atoms with Gasteiger partial charge in [0.05, 0.1) is 25.7 Å². The number of ether oxygens (including phenoxy) is 1. The molecule has 7 heteroatoms. The van der Waals surface area contributed by atoms with E-state index in [1.807, 2.05) is 6.07 Å². The van der Waals surface area contributed by atoms with Crippen LogP contribution in [-0.4, -0.2) is 52.3 Å². The number of rotatable bonds is 13. The Kier molecular flexibility index (Phi) is 12.0. The van der Waals surface area contributed by atoms with E-state index in [2.05, 4.69) is 32.4 Å². The average Bonchev–Trinajstić information content (AvgIpc) is 2.49. The van der Waals surface area contributed by atoms with E-state index >= 15 is 0 Å². The average molecular weight is 347 g/mol. The second-order valence-corrected chi connectivity index (χ2v) is 7.78. The largest absolute Gasteiger partial charge is 0.396 e. The Bertz CT molecular complexity index is 342. The number of unbranched alkanes of at least 4 members (excludes halogenated alkanes) is 1. The first-order valence-electron chi connectivity index (χ1n) is 8.42. The zero-order chi connectivity index (χ0) is 17.9. The van der Waals surface area contributed by atoms with Crippen molar-refractivity contribution in [1.29, 1.82) is 5.26 Å². The summed E-state index contributed by atoms with van der Waals surface area (Å²) >= 11 is 0. The summed E-state index contributed by atoms with van der Waals surface area (Å²) in [6.07, 6.45) is 2.55. The Balaban J connectivity index is 5.13. The molecule has 0 amide bonds. The van der Waals surface area contributed by atoms with Gasteiger partial charge in [-0.15, -0.1) is 0 Å². The van der Waals surface area contributed by atoms with E-state index in [1.165, 1.54) is 0 Å². The van der Waals surface area contributed by atoms with Crippen LogP contribution in [0.1, 0.15) is 53.4 Å². The van der Waals surface area contributed by atoms with Crippen molar-refractivity contribution < 1.29 is 14.9 Å². The van der Waals surface area contributed by atoms with E-state index in [-0.39, 0.29) is 46.4 Å². The van der Waals surface area contributed by atoms with Crippen molar-refractivity contribution in [2.45, 2.75) is 71.0 Å². The molecular weight excluding hydrogens is 313 g/mol. The van der Waals surface area contributed by atoms with Gasteiger partial charge in [0, 0.05) is 26.7 Å². The molecule has 0 fully saturated rings. The number of nitrogens with two attached hydrogens (primary N) is 1. The van der Waals surface area contributed by atoms with Crippen LogP contribution in [0.15, 0.2) is 0 Å². The Morgan fingerprint density at radius 2 is 1.87 bits per heavy atom. The van der Waals surface area contributed by atoms with Gasteiger partial charge in [-0.25, -0.2) is 0 Å². The SMILES string of the molecule is CC(C)N(P[C@](O)(OCCC#N)[C@@H](CO)CCCCN)C(C)C. The first kappa shape index (κ1) is 22.7. The van der Waals surface area contributed by atoms with Crippen LogP contribution in [0.4, 0.5) is 0 Å². The van der Waals surface area contributed by atoms with Gasteiger partial charge in [0.1, 0.15) is 0 Å². The van der Waals surface area contributed by atoms with Crippen molar-refractivity contribution >= 4 is 8.73 Å². The topological polar surface area (TPSA) is 103 Å². The fraction of sp³-hybridized carbons (Fsp3) is 0.938. The van der Waals surface area contributed by atoms with Crippen LogP contribution in [0.2, 0.25) is 0 Å². The van der Waals surface area contributed by atoms with Crippen LogP contribution < -0.4 is 5.73 Å². The predicted octanol–water partition coefficient (Wildman–Crippen LogP) is 2.01. The van der Waals surface area contributed by atoms with Crippen LogP contribution in [0.3, 0.4) is 0 Å². The standard InChI is InChI=1S/C16H34N3O3P/c1-13(2)19(14(3)4)23-16(21,22-11-7-10-18)15(12-20)8-5-6-9-17/h13-15,20-21,23H,5-9,11-12,17H2,1-4H3/t15-,16-/m1/s1. The zero-order valence-corrected chi connectivity index (χ0v) is 16.0. The monoisotopic (exact) mass is 347 g/mol. The van der Waals surface area contributed by atoms with E-state index in [9.17, 15) is 10.2 Å². The quantitative estimate of drug-likeness (QED) is 0.268. The van der Waals surface area contributed by atoms with E-state index in [0.29, 0.717) is 13.0 Å². The molecule has 1 unspecified atom stereocenters. The summed E-state index contributed by atoms with van der Waals surface area (Å²) in [6, 6.07) is 2.53. The Morgan fingerprint density at radius 3 is 2.30 bits per heavy atom. The molecule has 4 N–H and O–H groups in total. The molecule has 0 aromatic rings. The van der Waals surface area contributed by atoms with Crippen molar-refractivity contribution in [2.75, 3.05) is 19.8 Å². The van der Waals surface area contributed by atoms with Gasteiger partial charge in [0.15, 0.2) is 5.53 Å². The lowest BCUT2D eigenvalue weighted by Crippen LogP contribution is -2.44. The van der Waals surface area contributed by atoms with Gasteiger partial charge in [-0.05, 0) is 47.1 Å². The van der Waals surface area contributed by atoms with Crippen molar-refractivity contribution in [2.24, 2.45) is 11.7 Å². The fourth-order valence-corrected chi connectivity index (χ4v) is 3.95. The second kappa shape index (κ2) is 12.1. The molecule has 0 bridgehead atoms. The molecule has 0 aromatic heterocycles. The van der Waals surface area contributed by atoms with Crippen LogP contribution in [0, 0.1) is 17.2 Å². The molecule has 0 aliphatic carbocycles. The summed E-state index contributed by atoms with van der Waals surface area (Å²) in [4.78, 5) is 0. The maximum absolute atomic E-state index is 11.1. The number of aliphatic hydroxyl groups is 2. The lowest BCUT2D eigenvalue weighted by Gasteiger charge is -2.41. The molecular formula is C16H34N3O3P. The van der Waals surface area contributed by atoms with Crippen molar-refractivity contribution in [1.82, 2.24) is 4.67 Å². The normalized spacial score (nSPS) is 16.4. The minimum atomic E-state index is -1.44. The Hall–Kier alpha value is -0.280. The van der Waals surface area contributed by atoms with Gasteiger partial charge in [-0.3, -0.25) is 4.67 Å². The van der Waals surface area contributed by atoms with Gasteiger partial charge in [0.2, 0.25) is 0 Å². The molecule has 0 aromatic carbocycles. The van der Waals surface area contributed by atoms with Crippen molar-refractivity contribution in [3.05, 3.63) is 0 Å². The minimum absolute atomic E-state index is 0.00437. The van der Waals surface area contributed by atoms with Crippen LogP contribution in [0.25, 0.3) is 0 Å². The number of hydrogen-bond acceptors (Lipinski definition) is 6. The van der Waals surface area contributed by atoms with E-state index in [1.54, 1.807) is 0 Å². The van der Waals surface area contributed by atoms with Gasteiger partial charge >= 0.3 is 0 Å². The lowest BCUT2D eigenvalue weighted by molar-refractivity contribution is -0.180. The summed E-state index contributed by atoms with van der Waals surface area (Å²) in [5, 5.41) is 29.6. The summed E-state index contributed by atoms with van der Waals surface area (Å²) in [6.45, 7) is 8.91. The predicted molar refractivity (Wildman–Crippen MR) is 95.0 cm³/mol. The Morgan fingerprint density at radius 1 is 1.26 bits per heavy atom. The van der Waals surface area contributed by atoms with Gasteiger partial charge in [0.25, 0.3) is 0 Å². The molecule has 0 aliphatic rings. The molecule has 0 saturated carbocycles. The number of hydrogen-bond donors (Lipinski definition) is 3. The smallest absolute Gasteiger partial charge is 0.200 e. The zero-order valence-electron chi connectivity index (χ0n) is 15.0. The molecule has 23 heavy (non-hydrogen) atoms. The van der Waals surface area contributed by atoms with Crippen molar-refractivity contribution in [3.63, 3.8) is 0 Å². The van der Waals surface area contributed by atoms with Crippen LogP contribution >= 0.6 is 8.73 Å². The highest BCUT2D eigenvalue weighted by molar-refractivity contribution is 7.36. The van der Waals surface area contributed by atoms with Crippen LogP contribution in [0.5, 0.6) is 0 Å². The van der Waals surface area contributed by atoms with Crippen molar-refractivity contribution in [3.8, 4) is 6.07 Å². The maximum atomic E-state index is 11.1. The molecule has 0 heterocycles. The number of nitrogens with zero attached hydrogens (tertiary/aromatic N) is 2. The van der Waals surface area contributed by atoms with E-state index < -0.39 is 5.53 Å². The summed E-state index contributed by atoms with van der Waals surface area (Å²) < 4.78 is 7.86. The summed E-state index contributed by atoms with van der Waals surface area (Å²) in [5.41, 5.74) is 4.09. The number of nitriles is 1. The minimum Gasteiger partial charge on any atom is -0.396 e. The second-order valence-electron chi connectivity index (χ2n) is 6.32. The van der Waals surface area contributed by atoms with Gasteiger partial charge < -0.3 is 20.7 Å². The first-order valence-corrected chi connectivity index (χ1v) is 9.37. The molecule has 0 rings (SSSR count). The first-order chi connectivity index (χ1) is 10.8. The molecule has 6 nitrogen and oxygen atoms in total. The van der Waals surface area contributed by atoms with Gasteiger partial charge in [-0.2, -0.15) is 5.26 Å². The highest BCUT2D eigenvalue weighted by Crippen LogP contribution is 2.44. The molecule has 0 saturated heterocycles. The molecule has 0 radical (unpaired) electrons. The Labute approximate surface area is 142 Å².